The lowest BCUT2D eigenvalue weighted by molar-refractivity contribution is -0.163. The molecule has 2 aromatic carbocycles. The summed E-state index contributed by atoms with van der Waals surface area (Å²) in [6.45, 7) is 0. The Morgan fingerprint density at radius 1 is 0.964 bits per heavy atom. The van der Waals surface area contributed by atoms with Gasteiger partial charge in [-0.2, -0.15) is 0 Å². The zero-order chi connectivity index (χ0) is 20.0. The molecule has 0 fully saturated rings. The Hall–Kier alpha value is -2.89. The van der Waals surface area contributed by atoms with Crippen LogP contribution in [0.4, 0.5) is 0 Å². The Kier molecular flexibility index (Phi) is 6.29. The summed E-state index contributed by atoms with van der Waals surface area (Å²) in [5, 5.41) is 0.253. The molecule has 1 atom stereocenters. The summed E-state index contributed by atoms with van der Waals surface area (Å²) in [5.41, 5.74) is 0.254. The maximum Gasteiger partial charge on any atom is 0.350 e. The van der Waals surface area contributed by atoms with E-state index in [1.165, 1.54) is 19.4 Å². The molecular weight excluding hydrogens is 378 g/mol. The van der Waals surface area contributed by atoms with Crippen molar-refractivity contribution in [2.75, 3.05) is 14.2 Å². The molecule has 0 saturated heterocycles. The Morgan fingerprint density at radius 3 is 2.00 bits per heavy atom. The molecule has 0 N–H and O–H groups in total. The molecule has 0 radical (unpaired) electrons. The van der Waals surface area contributed by atoms with Gasteiger partial charge in [-0.3, -0.25) is 0 Å². The first-order valence-corrected chi connectivity index (χ1v) is 9.02. The highest BCUT2D eigenvalue weighted by atomic mass is 35.5. The van der Waals surface area contributed by atoms with E-state index in [0.717, 1.165) is 11.1 Å². The molecule has 1 aromatic heterocycles. The van der Waals surface area contributed by atoms with E-state index in [1.807, 2.05) is 60.7 Å². The van der Waals surface area contributed by atoms with Crippen molar-refractivity contribution in [3.8, 4) is 5.75 Å². The fraction of sp³-hybridized carbons (Fsp3) is 0.182. The average Bonchev–Trinajstić information content (AvgIpc) is 2.75. The summed E-state index contributed by atoms with van der Waals surface area (Å²) in [5.74, 6) is -0.203. The van der Waals surface area contributed by atoms with E-state index in [1.54, 1.807) is 13.2 Å². The van der Waals surface area contributed by atoms with Gasteiger partial charge in [0.25, 0.3) is 0 Å². The molecule has 0 saturated carbocycles. The van der Waals surface area contributed by atoms with E-state index < -0.39 is 17.7 Å². The number of benzene rings is 2. The largest absolute Gasteiger partial charge is 0.475 e. The summed E-state index contributed by atoms with van der Waals surface area (Å²) < 4.78 is 17.2. The summed E-state index contributed by atoms with van der Waals surface area (Å²) in [6, 6.07) is 22.0. The second-order valence-electron chi connectivity index (χ2n) is 6.01. The van der Waals surface area contributed by atoms with Crippen molar-refractivity contribution in [1.29, 1.82) is 0 Å². The van der Waals surface area contributed by atoms with E-state index in [9.17, 15) is 4.79 Å². The Labute approximate surface area is 168 Å². The van der Waals surface area contributed by atoms with Crippen molar-refractivity contribution >= 4 is 17.6 Å². The number of nitrogens with zero attached hydrogens (tertiary/aromatic N) is 1. The topological polar surface area (TPSA) is 57.7 Å². The smallest absolute Gasteiger partial charge is 0.350 e. The standard InChI is InChI=1S/C22H20ClNO4/c1-26-21(25)20(28-18-13-14-24-19(23)15-18)22(27-2,16-9-5-3-6-10-16)17-11-7-4-8-12-17/h3-15,20H,1-2H3. The van der Waals surface area contributed by atoms with Crippen LogP contribution in [-0.4, -0.2) is 31.3 Å². The van der Waals surface area contributed by atoms with Crippen LogP contribution in [0.3, 0.4) is 0 Å². The summed E-state index contributed by atoms with van der Waals surface area (Å²) in [4.78, 5) is 16.8. The molecule has 0 spiro atoms. The van der Waals surface area contributed by atoms with Crippen molar-refractivity contribution < 1.29 is 19.0 Å². The van der Waals surface area contributed by atoms with E-state index in [-0.39, 0.29) is 5.15 Å². The molecule has 0 amide bonds. The van der Waals surface area contributed by atoms with Gasteiger partial charge in [0.15, 0.2) is 5.60 Å². The second kappa shape index (κ2) is 8.87. The van der Waals surface area contributed by atoms with Crippen molar-refractivity contribution in [1.82, 2.24) is 4.98 Å². The van der Waals surface area contributed by atoms with Gasteiger partial charge in [-0.25, -0.2) is 9.78 Å². The van der Waals surface area contributed by atoms with Crippen LogP contribution in [0.15, 0.2) is 79.0 Å². The fourth-order valence-corrected chi connectivity index (χ4v) is 3.35. The number of halogens is 1. The minimum absolute atomic E-state index is 0.253. The van der Waals surface area contributed by atoms with Crippen LogP contribution in [0, 0.1) is 0 Å². The molecule has 1 heterocycles. The SMILES string of the molecule is COC(=O)C(Oc1ccnc(Cl)c1)C(OC)(c1ccccc1)c1ccccc1. The monoisotopic (exact) mass is 397 g/mol. The van der Waals surface area contributed by atoms with Gasteiger partial charge in [-0.1, -0.05) is 72.3 Å². The number of aromatic nitrogens is 1. The van der Waals surface area contributed by atoms with Gasteiger partial charge in [0, 0.05) is 19.4 Å². The maximum atomic E-state index is 12.9. The molecule has 6 heteroatoms. The zero-order valence-corrected chi connectivity index (χ0v) is 16.3. The Bertz CT molecular complexity index is 879. The van der Waals surface area contributed by atoms with Gasteiger partial charge < -0.3 is 14.2 Å². The zero-order valence-electron chi connectivity index (χ0n) is 15.5. The first-order valence-electron chi connectivity index (χ1n) is 8.64. The number of carbonyl (C=O) groups is 1. The van der Waals surface area contributed by atoms with Gasteiger partial charge in [0.05, 0.1) is 7.11 Å². The molecule has 3 rings (SSSR count). The molecule has 5 nitrogen and oxygen atoms in total. The van der Waals surface area contributed by atoms with Crippen LogP contribution in [0.1, 0.15) is 11.1 Å². The number of methoxy groups -OCH3 is 2. The number of rotatable bonds is 7. The molecule has 0 bridgehead atoms. The van der Waals surface area contributed by atoms with Gasteiger partial charge in [-0.15, -0.1) is 0 Å². The third kappa shape index (κ3) is 3.86. The summed E-state index contributed by atoms with van der Waals surface area (Å²) in [6.07, 6.45) is 0.372. The molecular formula is C22H20ClNO4. The number of ether oxygens (including phenoxy) is 3. The van der Waals surface area contributed by atoms with Crippen molar-refractivity contribution in [3.05, 3.63) is 95.3 Å². The third-order valence-corrected chi connectivity index (χ3v) is 4.67. The number of esters is 1. The van der Waals surface area contributed by atoms with Gasteiger partial charge in [-0.05, 0) is 17.2 Å². The maximum absolute atomic E-state index is 12.9. The minimum Gasteiger partial charge on any atom is -0.475 e. The number of carbonyl (C=O) groups excluding carboxylic acids is 1. The molecule has 0 aliphatic heterocycles. The number of hydrogen-bond donors (Lipinski definition) is 0. The highest BCUT2D eigenvalue weighted by Gasteiger charge is 2.49. The van der Waals surface area contributed by atoms with Crippen molar-refractivity contribution in [2.24, 2.45) is 0 Å². The Balaban J connectivity index is 2.21. The number of hydrogen-bond acceptors (Lipinski definition) is 5. The second-order valence-corrected chi connectivity index (χ2v) is 6.39. The molecule has 1 unspecified atom stereocenters. The molecule has 3 aromatic rings. The lowest BCUT2D eigenvalue weighted by Crippen LogP contribution is -2.51. The van der Waals surface area contributed by atoms with Crippen LogP contribution < -0.4 is 4.74 Å². The van der Waals surface area contributed by atoms with Crippen molar-refractivity contribution in [2.45, 2.75) is 11.7 Å². The summed E-state index contributed by atoms with van der Waals surface area (Å²) >= 11 is 5.99. The predicted octanol–water partition coefficient (Wildman–Crippen LogP) is 4.25. The van der Waals surface area contributed by atoms with E-state index in [4.69, 9.17) is 25.8 Å². The predicted molar refractivity (Wildman–Crippen MR) is 106 cm³/mol. The highest BCUT2D eigenvalue weighted by molar-refractivity contribution is 6.29. The average molecular weight is 398 g/mol. The quantitative estimate of drug-likeness (QED) is 0.440. The first-order chi connectivity index (χ1) is 13.6. The number of pyridine rings is 1. The Morgan fingerprint density at radius 2 is 1.54 bits per heavy atom. The van der Waals surface area contributed by atoms with Crippen LogP contribution in [0.25, 0.3) is 0 Å². The highest BCUT2D eigenvalue weighted by Crippen LogP contribution is 2.39. The molecule has 144 valence electrons. The molecule has 28 heavy (non-hydrogen) atoms. The first kappa shape index (κ1) is 19.9. The van der Waals surface area contributed by atoms with Crippen LogP contribution in [0.5, 0.6) is 5.75 Å². The van der Waals surface area contributed by atoms with Gasteiger partial charge >= 0.3 is 5.97 Å². The normalized spacial score (nSPS) is 12.2. The molecule has 0 aliphatic carbocycles. The lowest BCUT2D eigenvalue weighted by Gasteiger charge is -2.38. The summed E-state index contributed by atoms with van der Waals surface area (Å²) in [7, 11) is 2.85. The lowest BCUT2D eigenvalue weighted by atomic mass is 9.81. The van der Waals surface area contributed by atoms with E-state index >= 15 is 0 Å². The van der Waals surface area contributed by atoms with Crippen LogP contribution in [0.2, 0.25) is 5.15 Å². The third-order valence-electron chi connectivity index (χ3n) is 4.46. The van der Waals surface area contributed by atoms with Crippen molar-refractivity contribution in [3.63, 3.8) is 0 Å². The van der Waals surface area contributed by atoms with Crippen LogP contribution >= 0.6 is 11.6 Å². The molecule has 0 aliphatic rings. The van der Waals surface area contributed by atoms with Crippen LogP contribution in [-0.2, 0) is 19.9 Å². The van der Waals surface area contributed by atoms with Gasteiger partial charge in [0.1, 0.15) is 10.9 Å². The van der Waals surface area contributed by atoms with Gasteiger partial charge in [0.2, 0.25) is 6.10 Å². The fourth-order valence-electron chi connectivity index (χ4n) is 3.18. The van der Waals surface area contributed by atoms with E-state index in [0.29, 0.717) is 5.75 Å². The minimum atomic E-state index is -1.24. The van der Waals surface area contributed by atoms with E-state index in [2.05, 4.69) is 4.98 Å².